The van der Waals surface area contributed by atoms with Gasteiger partial charge in [-0.2, -0.15) is 0 Å². The Hall–Kier alpha value is -2.81. The molecule has 2 aromatic carbocycles. The third-order valence-corrected chi connectivity index (χ3v) is 3.38. The van der Waals surface area contributed by atoms with Crippen molar-refractivity contribution in [3.8, 4) is 0 Å². The van der Waals surface area contributed by atoms with Crippen LogP contribution in [0, 0.1) is 0 Å². The van der Waals surface area contributed by atoms with E-state index in [0.29, 0.717) is 5.56 Å². The molecule has 1 unspecified atom stereocenters. The zero-order chi connectivity index (χ0) is 15.9. The van der Waals surface area contributed by atoms with Crippen LogP contribution in [0.25, 0.3) is 0 Å². The molecule has 0 amide bonds. The number of hydrogen-bond donors (Lipinski definition) is 1. The van der Waals surface area contributed by atoms with E-state index in [1.807, 2.05) is 42.5 Å². The van der Waals surface area contributed by atoms with Gasteiger partial charge in [-0.25, -0.2) is 4.79 Å². The number of ether oxygens (including phenoxy) is 1. The van der Waals surface area contributed by atoms with E-state index in [4.69, 9.17) is 4.74 Å². The zero-order valence-electron chi connectivity index (χ0n) is 12.6. The van der Waals surface area contributed by atoms with E-state index in [1.165, 1.54) is 7.11 Å². The highest BCUT2D eigenvalue weighted by atomic mass is 16.5. The van der Waals surface area contributed by atoms with Crippen molar-refractivity contribution in [1.82, 2.24) is 0 Å². The maximum Gasteiger partial charge on any atom is 0.337 e. The molecule has 0 aliphatic heterocycles. The van der Waals surface area contributed by atoms with Crippen LogP contribution in [0.2, 0.25) is 0 Å². The molecule has 0 aliphatic carbocycles. The topological polar surface area (TPSA) is 38.3 Å². The first-order valence-electron chi connectivity index (χ1n) is 6.97. The Balaban J connectivity index is 2.27. The normalized spacial score (nSPS) is 11.3. The fourth-order valence-electron chi connectivity index (χ4n) is 2.14. The fourth-order valence-corrected chi connectivity index (χ4v) is 2.14. The molecule has 2 aromatic rings. The van der Waals surface area contributed by atoms with Gasteiger partial charge in [-0.05, 0) is 35.4 Å². The van der Waals surface area contributed by atoms with Gasteiger partial charge in [0.25, 0.3) is 0 Å². The second kappa shape index (κ2) is 7.27. The third-order valence-electron chi connectivity index (χ3n) is 3.38. The van der Waals surface area contributed by atoms with Crippen LogP contribution in [0.4, 0.5) is 5.69 Å². The van der Waals surface area contributed by atoms with Gasteiger partial charge in [0.05, 0.1) is 18.7 Å². The molecule has 0 aliphatic rings. The van der Waals surface area contributed by atoms with E-state index in [0.717, 1.165) is 16.8 Å². The summed E-state index contributed by atoms with van der Waals surface area (Å²) in [4.78, 5) is 11.5. The van der Waals surface area contributed by atoms with Crippen LogP contribution in [0.5, 0.6) is 0 Å². The van der Waals surface area contributed by atoms with Crippen molar-refractivity contribution in [2.45, 2.75) is 6.04 Å². The van der Waals surface area contributed by atoms with Gasteiger partial charge in [-0.15, -0.1) is 0 Å². The first-order valence-corrected chi connectivity index (χ1v) is 6.97. The van der Waals surface area contributed by atoms with Crippen molar-refractivity contribution in [3.63, 3.8) is 0 Å². The van der Waals surface area contributed by atoms with Crippen LogP contribution in [-0.4, -0.2) is 13.1 Å². The quantitative estimate of drug-likeness (QED) is 0.635. The summed E-state index contributed by atoms with van der Waals surface area (Å²) in [5.74, 6) is -0.346. The second-order valence-corrected chi connectivity index (χ2v) is 4.84. The van der Waals surface area contributed by atoms with Gasteiger partial charge in [0.15, 0.2) is 0 Å². The van der Waals surface area contributed by atoms with Crippen LogP contribution in [0.15, 0.2) is 79.4 Å². The molecule has 0 heterocycles. The van der Waals surface area contributed by atoms with Crippen molar-refractivity contribution in [3.05, 3.63) is 90.5 Å². The molecular weight excluding hydrogens is 274 g/mol. The Kier molecular flexibility index (Phi) is 5.15. The first kappa shape index (κ1) is 15.6. The molecule has 1 atom stereocenters. The second-order valence-electron chi connectivity index (χ2n) is 4.84. The molecule has 0 bridgehead atoms. The number of hydrogen-bond acceptors (Lipinski definition) is 3. The van der Waals surface area contributed by atoms with Gasteiger partial charge in [-0.1, -0.05) is 49.6 Å². The molecule has 1 N–H and O–H groups in total. The van der Waals surface area contributed by atoms with E-state index in [2.05, 4.69) is 18.5 Å². The predicted octanol–water partition coefficient (Wildman–Crippen LogP) is 4.37. The number of methoxy groups -OCH3 is 1. The Morgan fingerprint density at radius 3 is 2.32 bits per heavy atom. The van der Waals surface area contributed by atoms with E-state index in [-0.39, 0.29) is 12.0 Å². The smallest absolute Gasteiger partial charge is 0.337 e. The highest BCUT2D eigenvalue weighted by molar-refractivity contribution is 5.89. The summed E-state index contributed by atoms with van der Waals surface area (Å²) >= 11 is 0. The van der Waals surface area contributed by atoms with Crippen LogP contribution >= 0.6 is 0 Å². The largest absolute Gasteiger partial charge is 0.465 e. The SMILES string of the molecule is C=CC(=C)C(Nc1ccccc1)c1ccc(C(=O)OC)cc1. The van der Waals surface area contributed by atoms with E-state index < -0.39 is 0 Å². The maximum absolute atomic E-state index is 11.5. The lowest BCUT2D eigenvalue weighted by Crippen LogP contribution is -2.12. The average Bonchev–Trinajstić information content (AvgIpc) is 2.59. The minimum atomic E-state index is -0.346. The lowest BCUT2D eigenvalue weighted by molar-refractivity contribution is 0.0600. The number of carbonyl (C=O) groups excluding carboxylic acids is 1. The minimum Gasteiger partial charge on any atom is -0.465 e. The summed E-state index contributed by atoms with van der Waals surface area (Å²) in [5.41, 5.74) is 3.37. The summed E-state index contributed by atoms with van der Waals surface area (Å²) in [6, 6.07) is 17.1. The minimum absolute atomic E-state index is 0.105. The Bertz CT molecular complexity index is 660. The van der Waals surface area contributed by atoms with E-state index in [9.17, 15) is 4.79 Å². The summed E-state index contributed by atoms with van der Waals surface area (Å²) in [5, 5.41) is 3.42. The third kappa shape index (κ3) is 3.64. The predicted molar refractivity (Wildman–Crippen MR) is 89.9 cm³/mol. The standard InChI is InChI=1S/C19H19NO2/c1-4-14(2)18(20-17-8-6-5-7-9-17)15-10-12-16(13-11-15)19(21)22-3/h4-13,18,20H,1-2H2,3H3. The molecule has 2 rings (SSSR count). The van der Waals surface area contributed by atoms with E-state index >= 15 is 0 Å². The van der Waals surface area contributed by atoms with Gasteiger partial charge in [-0.3, -0.25) is 0 Å². The molecule has 0 aromatic heterocycles. The van der Waals surface area contributed by atoms with Gasteiger partial charge in [0.2, 0.25) is 0 Å². The molecule has 22 heavy (non-hydrogen) atoms. The first-order chi connectivity index (χ1) is 10.7. The number of anilines is 1. The number of carbonyl (C=O) groups is 1. The van der Waals surface area contributed by atoms with Crippen LogP contribution in [0.3, 0.4) is 0 Å². The van der Waals surface area contributed by atoms with Gasteiger partial charge >= 0.3 is 5.97 Å². The Labute approximate surface area is 130 Å². The van der Waals surface area contributed by atoms with Crippen LogP contribution in [0.1, 0.15) is 22.0 Å². The van der Waals surface area contributed by atoms with Gasteiger partial charge in [0, 0.05) is 5.69 Å². The monoisotopic (exact) mass is 293 g/mol. The van der Waals surface area contributed by atoms with Crippen molar-refractivity contribution >= 4 is 11.7 Å². The van der Waals surface area contributed by atoms with Gasteiger partial charge < -0.3 is 10.1 Å². The lowest BCUT2D eigenvalue weighted by Gasteiger charge is -2.21. The Morgan fingerprint density at radius 2 is 1.77 bits per heavy atom. The molecule has 0 saturated carbocycles. The zero-order valence-corrected chi connectivity index (χ0v) is 12.6. The summed E-state index contributed by atoms with van der Waals surface area (Å²) in [6.45, 7) is 7.84. The number of rotatable bonds is 6. The molecule has 112 valence electrons. The molecular formula is C19H19NO2. The summed E-state index contributed by atoms with van der Waals surface area (Å²) < 4.78 is 4.71. The molecule has 0 radical (unpaired) electrons. The molecule has 0 saturated heterocycles. The number of nitrogens with one attached hydrogen (secondary N) is 1. The van der Waals surface area contributed by atoms with Crippen LogP contribution in [-0.2, 0) is 4.74 Å². The summed E-state index contributed by atoms with van der Waals surface area (Å²) in [7, 11) is 1.37. The molecule has 0 spiro atoms. The molecule has 3 heteroatoms. The highest BCUT2D eigenvalue weighted by Gasteiger charge is 2.14. The highest BCUT2D eigenvalue weighted by Crippen LogP contribution is 2.26. The molecule has 0 fully saturated rings. The number of benzene rings is 2. The summed E-state index contributed by atoms with van der Waals surface area (Å²) in [6.07, 6.45) is 1.73. The van der Waals surface area contributed by atoms with Crippen LogP contribution < -0.4 is 5.32 Å². The average molecular weight is 293 g/mol. The lowest BCUT2D eigenvalue weighted by atomic mass is 9.98. The van der Waals surface area contributed by atoms with Crippen molar-refractivity contribution in [2.75, 3.05) is 12.4 Å². The number of para-hydroxylation sites is 1. The Morgan fingerprint density at radius 1 is 1.14 bits per heavy atom. The van der Waals surface area contributed by atoms with Crippen molar-refractivity contribution in [2.24, 2.45) is 0 Å². The number of esters is 1. The van der Waals surface area contributed by atoms with E-state index in [1.54, 1.807) is 18.2 Å². The van der Waals surface area contributed by atoms with Gasteiger partial charge in [0.1, 0.15) is 0 Å². The van der Waals surface area contributed by atoms with Crippen molar-refractivity contribution in [1.29, 1.82) is 0 Å². The molecule has 3 nitrogen and oxygen atoms in total. The fraction of sp³-hybridized carbons (Fsp3) is 0.105. The maximum atomic E-state index is 11.5. The van der Waals surface area contributed by atoms with Crippen molar-refractivity contribution < 1.29 is 9.53 Å².